The van der Waals surface area contributed by atoms with Gasteiger partial charge in [-0.3, -0.25) is 0 Å². The summed E-state index contributed by atoms with van der Waals surface area (Å²) >= 11 is 1.77. The highest BCUT2D eigenvalue weighted by Gasteiger charge is 2.16. The van der Waals surface area contributed by atoms with Crippen molar-refractivity contribution in [2.75, 3.05) is 0 Å². The molecule has 0 fully saturated rings. The molecule has 0 bridgehead atoms. The van der Waals surface area contributed by atoms with E-state index in [0.29, 0.717) is 12.1 Å². The first-order valence-electron chi connectivity index (χ1n) is 7.05. The van der Waals surface area contributed by atoms with Crippen LogP contribution in [0.4, 0.5) is 8.78 Å². The van der Waals surface area contributed by atoms with Crippen LogP contribution in [0.5, 0.6) is 0 Å². The first-order chi connectivity index (χ1) is 9.77. The van der Waals surface area contributed by atoms with Crippen molar-refractivity contribution in [1.82, 2.24) is 5.32 Å². The third kappa shape index (κ3) is 4.11. The molecule has 0 aliphatic heterocycles. The van der Waals surface area contributed by atoms with E-state index in [1.807, 2.05) is 6.92 Å². The largest absolute Gasteiger partial charge is 0.305 e. The van der Waals surface area contributed by atoms with Crippen LogP contribution in [-0.4, -0.2) is 0 Å². The summed E-state index contributed by atoms with van der Waals surface area (Å²) in [5, 5.41) is 3.29. The summed E-state index contributed by atoms with van der Waals surface area (Å²) in [7, 11) is 0. The van der Waals surface area contributed by atoms with Crippen molar-refractivity contribution in [3.8, 4) is 0 Å². The van der Waals surface area contributed by atoms with Gasteiger partial charge >= 0.3 is 0 Å². The van der Waals surface area contributed by atoms with Crippen molar-refractivity contribution in [2.24, 2.45) is 0 Å². The van der Waals surface area contributed by atoms with Gasteiger partial charge in [0.2, 0.25) is 0 Å². The van der Waals surface area contributed by atoms with Crippen LogP contribution < -0.4 is 5.32 Å². The van der Waals surface area contributed by atoms with E-state index in [-0.39, 0.29) is 11.5 Å². The van der Waals surface area contributed by atoms with Crippen molar-refractivity contribution in [2.45, 2.75) is 45.7 Å². The Hall–Kier alpha value is -1.26. The summed E-state index contributed by atoms with van der Waals surface area (Å²) in [4.78, 5) is 2.55. The van der Waals surface area contributed by atoms with Crippen molar-refractivity contribution in [3.05, 3.63) is 57.3 Å². The minimum absolute atomic E-state index is 0.150. The zero-order chi connectivity index (χ0) is 15.6. The van der Waals surface area contributed by atoms with E-state index in [4.69, 9.17) is 0 Å². The maximum atomic E-state index is 13.7. The Balaban J connectivity index is 2.01. The number of rotatable bonds is 4. The second kappa shape index (κ2) is 6.24. The predicted octanol–water partition coefficient (Wildman–Crippen LogP) is 5.17. The molecule has 2 aromatic rings. The van der Waals surface area contributed by atoms with E-state index in [9.17, 15) is 8.78 Å². The fourth-order valence-electron chi connectivity index (χ4n) is 2.09. The summed E-state index contributed by atoms with van der Waals surface area (Å²) in [6.07, 6.45) is 0. The second-order valence-electron chi connectivity index (χ2n) is 6.28. The third-order valence-corrected chi connectivity index (χ3v) is 4.92. The zero-order valence-electron chi connectivity index (χ0n) is 12.8. The zero-order valence-corrected chi connectivity index (χ0v) is 13.7. The smallest absolute Gasteiger partial charge is 0.130 e. The number of nitrogens with one attached hydrogen (secondary N) is 1. The van der Waals surface area contributed by atoms with Crippen molar-refractivity contribution < 1.29 is 8.78 Å². The maximum absolute atomic E-state index is 13.7. The Bertz CT molecular complexity index is 613. The summed E-state index contributed by atoms with van der Waals surface area (Å²) in [5.41, 5.74) is 0.640. The molecule has 2 rings (SSSR count). The lowest BCUT2D eigenvalue weighted by atomic mass is 9.95. The van der Waals surface area contributed by atoms with Gasteiger partial charge in [-0.1, -0.05) is 26.8 Å². The molecule has 0 spiro atoms. The molecule has 0 radical (unpaired) electrons. The minimum Gasteiger partial charge on any atom is -0.305 e. The van der Waals surface area contributed by atoms with Crippen LogP contribution in [0.1, 0.15) is 49.1 Å². The fourth-order valence-corrected chi connectivity index (χ4v) is 3.11. The van der Waals surface area contributed by atoms with Gasteiger partial charge in [0, 0.05) is 34.0 Å². The molecule has 0 saturated heterocycles. The normalized spacial score (nSPS) is 13.4. The molecule has 0 amide bonds. The van der Waals surface area contributed by atoms with Gasteiger partial charge in [0.15, 0.2) is 0 Å². The van der Waals surface area contributed by atoms with Gasteiger partial charge in [0.05, 0.1) is 0 Å². The Morgan fingerprint density at radius 1 is 1.14 bits per heavy atom. The molecular weight excluding hydrogens is 288 g/mol. The molecule has 1 aromatic heterocycles. The lowest BCUT2D eigenvalue weighted by Crippen LogP contribution is -2.18. The van der Waals surface area contributed by atoms with E-state index < -0.39 is 11.6 Å². The van der Waals surface area contributed by atoms with Crippen LogP contribution in [0, 0.1) is 11.6 Å². The van der Waals surface area contributed by atoms with Crippen LogP contribution in [0.3, 0.4) is 0 Å². The Kier molecular flexibility index (Phi) is 4.79. The summed E-state index contributed by atoms with van der Waals surface area (Å²) in [5.74, 6) is -1.05. The first-order valence-corrected chi connectivity index (χ1v) is 7.86. The molecule has 1 aromatic carbocycles. The fraction of sp³-hybridized carbons (Fsp3) is 0.412. The third-order valence-electron chi connectivity index (χ3n) is 3.41. The van der Waals surface area contributed by atoms with Gasteiger partial charge in [-0.2, -0.15) is 0 Å². The van der Waals surface area contributed by atoms with Crippen LogP contribution >= 0.6 is 11.3 Å². The van der Waals surface area contributed by atoms with Crippen LogP contribution in [-0.2, 0) is 12.0 Å². The molecule has 21 heavy (non-hydrogen) atoms. The van der Waals surface area contributed by atoms with Gasteiger partial charge in [-0.05, 0) is 30.5 Å². The quantitative estimate of drug-likeness (QED) is 0.821. The number of hydrogen-bond acceptors (Lipinski definition) is 2. The number of thiophene rings is 1. The topological polar surface area (TPSA) is 12.0 Å². The van der Waals surface area contributed by atoms with Gasteiger partial charge in [-0.15, -0.1) is 11.3 Å². The number of hydrogen-bond donors (Lipinski definition) is 1. The van der Waals surface area contributed by atoms with Crippen LogP contribution in [0.25, 0.3) is 0 Å². The van der Waals surface area contributed by atoms with E-state index in [0.717, 1.165) is 6.07 Å². The Morgan fingerprint density at radius 2 is 1.86 bits per heavy atom. The molecule has 4 heteroatoms. The molecule has 114 valence electrons. The molecule has 0 aliphatic rings. The lowest BCUT2D eigenvalue weighted by Gasteiger charge is -2.16. The minimum atomic E-state index is -0.545. The molecule has 0 saturated carbocycles. The van der Waals surface area contributed by atoms with Crippen molar-refractivity contribution in [3.63, 3.8) is 0 Å². The molecule has 1 N–H and O–H groups in total. The van der Waals surface area contributed by atoms with Crippen molar-refractivity contribution >= 4 is 11.3 Å². The van der Waals surface area contributed by atoms with Gasteiger partial charge < -0.3 is 5.32 Å². The average Bonchev–Trinajstić information content (AvgIpc) is 2.84. The van der Waals surface area contributed by atoms with E-state index in [1.165, 1.54) is 21.9 Å². The SMILES string of the molecule is CC(NCc1ccc(C(C)(C)C)s1)c1ccc(F)cc1F. The van der Waals surface area contributed by atoms with Gasteiger partial charge in [0.1, 0.15) is 11.6 Å². The standard InChI is InChI=1S/C17H21F2NS/c1-11(14-7-5-12(18)9-15(14)19)20-10-13-6-8-16(21-13)17(2,3)4/h5-9,11,20H,10H2,1-4H3. The van der Waals surface area contributed by atoms with Gasteiger partial charge in [-0.25, -0.2) is 8.78 Å². The second-order valence-corrected chi connectivity index (χ2v) is 7.45. The molecule has 1 unspecified atom stereocenters. The highest BCUT2D eigenvalue weighted by atomic mass is 32.1. The highest BCUT2D eigenvalue weighted by Crippen LogP contribution is 2.29. The Labute approximate surface area is 129 Å². The van der Waals surface area contributed by atoms with Crippen LogP contribution in [0.2, 0.25) is 0 Å². The Morgan fingerprint density at radius 3 is 2.43 bits per heavy atom. The van der Waals surface area contributed by atoms with Gasteiger partial charge in [0.25, 0.3) is 0 Å². The molecule has 1 atom stereocenters. The highest BCUT2D eigenvalue weighted by molar-refractivity contribution is 7.12. The summed E-state index contributed by atoms with van der Waals surface area (Å²) in [6, 6.07) is 7.80. The maximum Gasteiger partial charge on any atom is 0.130 e. The number of benzene rings is 1. The van der Waals surface area contributed by atoms with Crippen LogP contribution in [0.15, 0.2) is 30.3 Å². The average molecular weight is 309 g/mol. The van der Waals surface area contributed by atoms with E-state index in [2.05, 4.69) is 38.2 Å². The first kappa shape index (κ1) is 16.1. The van der Waals surface area contributed by atoms with E-state index in [1.54, 1.807) is 11.3 Å². The van der Waals surface area contributed by atoms with E-state index >= 15 is 0 Å². The summed E-state index contributed by atoms with van der Waals surface area (Å²) < 4.78 is 26.6. The monoisotopic (exact) mass is 309 g/mol. The lowest BCUT2D eigenvalue weighted by molar-refractivity contribution is 0.519. The number of halogens is 2. The molecular formula is C17H21F2NS. The molecule has 1 nitrogen and oxygen atoms in total. The predicted molar refractivity (Wildman–Crippen MR) is 84.6 cm³/mol. The van der Waals surface area contributed by atoms with Crippen molar-refractivity contribution in [1.29, 1.82) is 0 Å². The molecule has 0 aliphatic carbocycles. The molecule has 1 heterocycles. The summed E-state index contributed by atoms with van der Waals surface area (Å²) in [6.45, 7) is 9.12.